The van der Waals surface area contributed by atoms with Crippen molar-refractivity contribution < 1.29 is 33.1 Å². The molecule has 2 atom stereocenters. The minimum Gasteiger partial charge on any atom is -0.481 e. The van der Waals surface area contributed by atoms with E-state index >= 15 is 0 Å². The van der Waals surface area contributed by atoms with E-state index in [0.717, 1.165) is 4.90 Å². The second-order valence-electron chi connectivity index (χ2n) is 8.69. The van der Waals surface area contributed by atoms with Gasteiger partial charge in [0.15, 0.2) is 0 Å². The van der Waals surface area contributed by atoms with Crippen LogP contribution in [0.25, 0.3) is 0 Å². The first-order valence-corrected chi connectivity index (χ1v) is 11.2. The molecule has 0 saturated carbocycles. The zero-order valence-electron chi connectivity index (χ0n) is 19.4. The number of carbonyl (C=O) groups is 4. The number of fused-ring (bicyclic) bond motifs is 1. The topological polar surface area (TPSA) is 114 Å². The van der Waals surface area contributed by atoms with E-state index in [9.17, 15) is 33.1 Å². The molecule has 2 saturated heterocycles. The van der Waals surface area contributed by atoms with Crippen molar-refractivity contribution in [2.75, 3.05) is 20.1 Å². The number of rotatable bonds is 6. The highest BCUT2D eigenvalue weighted by molar-refractivity contribution is 5.93. The fraction of sp³-hybridized carbons (Fsp3) is 0.333. The Labute approximate surface area is 205 Å². The predicted molar refractivity (Wildman–Crippen MR) is 122 cm³/mol. The van der Waals surface area contributed by atoms with Crippen LogP contribution in [-0.2, 0) is 27.5 Å². The van der Waals surface area contributed by atoms with Crippen LogP contribution in [0, 0.1) is 11.6 Å². The number of nitrogens with one attached hydrogen (secondary N) is 1. The lowest BCUT2D eigenvalue weighted by Gasteiger charge is -2.54. The van der Waals surface area contributed by atoms with Gasteiger partial charge in [-0.25, -0.2) is 23.6 Å². The van der Waals surface area contributed by atoms with Gasteiger partial charge in [-0.3, -0.25) is 14.4 Å². The molecule has 0 bridgehead atoms. The SMILES string of the molecule is CN1CC(=O)N2[C@@H](CC(=O)O)C(=O)N(Cc3ccc(F)cc3)C[C@@H]2N1C(=O)NCc1ccc(F)cc1. The van der Waals surface area contributed by atoms with E-state index in [0.29, 0.717) is 11.1 Å². The average molecular weight is 501 g/mol. The van der Waals surface area contributed by atoms with Crippen molar-refractivity contribution in [3.05, 3.63) is 71.3 Å². The summed E-state index contributed by atoms with van der Waals surface area (Å²) >= 11 is 0. The molecule has 0 unspecified atom stereocenters. The van der Waals surface area contributed by atoms with Crippen molar-refractivity contribution in [3.63, 3.8) is 0 Å². The molecule has 0 aliphatic carbocycles. The molecular weight excluding hydrogens is 476 g/mol. The van der Waals surface area contributed by atoms with Crippen LogP contribution in [-0.4, -0.2) is 81.1 Å². The quantitative estimate of drug-likeness (QED) is 0.619. The number of carboxylic acids is 1. The summed E-state index contributed by atoms with van der Waals surface area (Å²) in [6.45, 7) is -0.183. The van der Waals surface area contributed by atoms with Gasteiger partial charge in [-0.05, 0) is 35.4 Å². The number of hydrogen-bond donors (Lipinski definition) is 2. The van der Waals surface area contributed by atoms with Crippen LogP contribution >= 0.6 is 0 Å². The van der Waals surface area contributed by atoms with E-state index in [1.165, 1.54) is 63.4 Å². The van der Waals surface area contributed by atoms with Gasteiger partial charge in [0, 0.05) is 20.1 Å². The number of likely N-dealkylation sites (N-methyl/N-ethyl adjacent to an activating group) is 1. The Kier molecular flexibility index (Phi) is 7.15. The van der Waals surface area contributed by atoms with Gasteiger partial charge in [0.25, 0.3) is 0 Å². The Bertz CT molecular complexity index is 1160. The van der Waals surface area contributed by atoms with Crippen LogP contribution in [0.15, 0.2) is 48.5 Å². The number of nitrogens with zero attached hydrogens (tertiary/aromatic N) is 4. The Balaban J connectivity index is 1.60. The van der Waals surface area contributed by atoms with Gasteiger partial charge in [-0.1, -0.05) is 24.3 Å². The van der Waals surface area contributed by atoms with E-state index in [1.54, 1.807) is 7.05 Å². The molecule has 2 N–H and O–H groups in total. The molecular formula is C24H25F2N5O5. The standard InChI is InChI=1S/C24H25F2N5O5/c1-28-14-21(32)30-19(10-22(33)34)23(35)29(12-16-4-8-18(26)9-5-16)13-20(30)31(28)24(36)27-11-15-2-6-17(25)7-3-15/h2-9,19-20H,10-14H2,1H3,(H,27,36)(H,33,34)/t19-,20-/m0/s1. The van der Waals surface area contributed by atoms with Gasteiger partial charge in [0.05, 0.1) is 19.5 Å². The minimum atomic E-state index is -1.31. The zero-order valence-corrected chi connectivity index (χ0v) is 19.4. The molecule has 2 aromatic carbocycles. The van der Waals surface area contributed by atoms with Gasteiger partial charge in [0.1, 0.15) is 23.8 Å². The molecule has 0 aromatic heterocycles. The number of carboxylic acid groups (broad SMARTS) is 1. The van der Waals surface area contributed by atoms with Gasteiger partial charge < -0.3 is 20.2 Å². The maximum atomic E-state index is 13.3. The highest BCUT2D eigenvalue weighted by Gasteiger charge is 2.51. The van der Waals surface area contributed by atoms with E-state index in [-0.39, 0.29) is 26.2 Å². The molecule has 0 spiro atoms. The van der Waals surface area contributed by atoms with Crippen LogP contribution in [0.1, 0.15) is 17.5 Å². The number of urea groups is 1. The molecule has 2 aliphatic rings. The predicted octanol–water partition coefficient (Wildman–Crippen LogP) is 1.38. The lowest BCUT2D eigenvalue weighted by atomic mass is 10.0. The number of piperazine rings is 1. The molecule has 2 aromatic rings. The van der Waals surface area contributed by atoms with Crippen LogP contribution in [0.5, 0.6) is 0 Å². The highest BCUT2D eigenvalue weighted by Crippen LogP contribution is 2.28. The summed E-state index contributed by atoms with van der Waals surface area (Å²) in [5, 5.41) is 14.9. The van der Waals surface area contributed by atoms with Crippen LogP contribution in [0.4, 0.5) is 13.6 Å². The van der Waals surface area contributed by atoms with E-state index in [4.69, 9.17) is 0 Å². The number of aliphatic carboxylic acids is 1. The summed E-state index contributed by atoms with van der Waals surface area (Å²) in [6.07, 6.45) is -1.59. The van der Waals surface area contributed by atoms with Crippen LogP contribution < -0.4 is 5.32 Å². The Morgan fingerprint density at radius 3 is 2.17 bits per heavy atom. The first kappa shape index (κ1) is 25.0. The number of halogens is 2. The van der Waals surface area contributed by atoms with Crippen molar-refractivity contribution in [2.24, 2.45) is 0 Å². The monoisotopic (exact) mass is 501 g/mol. The van der Waals surface area contributed by atoms with Gasteiger partial charge in [0.2, 0.25) is 11.8 Å². The number of amides is 4. The number of hydrazine groups is 1. The third kappa shape index (κ3) is 5.28. The summed E-state index contributed by atoms with van der Waals surface area (Å²) in [5.74, 6) is -3.17. The molecule has 190 valence electrons. The third-order valence-corrected chi connectivity index (χ3v) is 6.16. The molecule has 36 heavy (non-hydrogen) atoms. The van der Waals surface area contributed by atoms with Crippen molar-refractivity contribution in [1.82, 2.24) is 25.1 Å². The fourth-order valence-electron chi connectivity index (χ4n) is 4.48. The van der Waals surface area contributed by atoms with Crippen molar-refractivity contribution in [2.45, 2.75) is 31.7 Å². The summed E-state index contributed by atoms with van der Waals surface area (Å²) in [6, 6.07) is 9.21. The molecule has 2 heterocycles. The second kappa shape index (κ2) is 10.3. The largest absolute Gasteiger partial charge is 0.481 e. The molecule has 12 heteroatoms. The number of hydrogen-bond acceptors (Lipinski definition) is 5. The van der Waals surface area contributed by atoms with Crippen molar-refractivity contribution in [1.29, 1.82) is 0 Å². The van der Waals surface area contributed by atoms with Crippen LogP contribution in [0.3, 0.4) is 0 Å². The maximum Gasteiger partial charge on any atom is 0.334 e. The number of benzene rings is 2. The summed E-state index contributed by atoms with van der Waals surface area (Å²) in [4.78, 5) is 53.5. The highest BCUT2D eigenvalue weighted by atomic mass is 19.1. The molecule has 0 radical (unpaired) electrons. The maximum absolute atomic E-state index is 13.3. The van der Waals surface area contributed by atoms with Crippen LogP contribution in [0.2, 0.25) is 0 Å². The third-order valence-electron chi connectivity index (χ3n) is 6.16. The van der Waals surface area contributed by atoms with E-state index in [2.05, 4.69) is 5.32 Å². The fourth-order valence-corrected chi connectivity index (χ4v) is 4.48. The lowest BCUT2D eigenvalue weighted by molar-refractivity contribution is -0.189. The molecule has 4 amide bonds. The molecule has 2 fully saturated rings. The Morgan fingerprint density at radius 2 is 1.58 bits per heavy atom. The van der Waals surface area contributed by atoms with Gasteiger partial charge in [-0.2, -0.15) is 0 Å². The summed E-state index contributed by atoms with van der Waals surface area (Å²) in [5.41, 5.74) is 1.26. The zero-order chi connectivity index (χ0) is 26.0. The van der Waals surface area contributed by atoms with Gasteiger partial charge in [-0.15, -0.1) is 0 Å². The summed E-state index contributed by atoms with van der Waals surface area (Å²) < 4.78 is 26.5. The second-order valence-corrected chi connectivity index (χ2v) is 8.69. The minimum absolute atomic E-state index is 0.0442. The first-order valence-electron chi connectivity index (χ1n) is 11.2. The average Bonchev–Trinajstić information content (AvgIpc) is 2.82. The molecule has 4 rings (SSSR count). The normalized spacial score (nSPS) is 20.4. The van der Waals surface area contributed by atoms with Crippen molar-refractivity contribution in [3.8, 4) is 0 Å². The Hall–Kier alpha value is -4.06. The molecule has 10 nitrogen and oxygen atoms in total. The van der Waals surface area contributed by atoms with E-state index in [1.807, 2.05) is 0 Å². The molecule has 2 aliphatic heterocycles. The number of carbonyl (C=O) groups excluding carboxylic acids is 3. The van der Waals surface area contributed by atoms with E-state index < -0.39 is 54.1 Å². The Morgan fingerprint density at radius 1 is 1.00 bits per heavy atom. The van der Waals surface area contributed by atoms with Gasteiger partial charge >= 0.3 is 12.0 Å². The smallest absolute Gasteiger partial charge is 0.334 e. The lowest BCUT2D eigenvalue weighted by Crippen LogP contribution is -2.76. The first-order chi connectivity index (χ1) is 17.1. The summed E-state index contributed by atoms with van der Waals surface area (Å²) in [7, 11) is 1.54. The van der Waals surface area contributed by atoms with Crippen molar-refractivity contribution >= 4 is 23.8 Å².